The molecule has 1 rings (SSSR count). The van der Waals surface area contributed by atoms with Crippen molar-refractivity contribution in [3.05, 3.63) is 29.0 Å². The van der Waals surface area contributed by atoms with Gasteiger partial charge in [-0.2, -0.15) is 11.8 Å². The topological polar surface area (TPSA) is 99.6 Å². The Bertz CT molecular complexity index is 807. The van der Waals surface area contributed by atoms with Crippen molar-refractivity contribution in [1.29, 1.82) is 0 Å². The van der Waals surface area contributed by atoms with Crippen molar-refractivity contribution in [2.45, 2.75) is 59.0 Å². The molecule has 0 aliphatic rings. The number of carbonyl (C=O) groups is 4. The van der Waals surface area contributed by atoms with Crippen LogP contribution >= 0.6 is 23.4 Å². The van der Waals surface area contributed by atoms with Crippen LogP contribution in [0.1, 0.15) is 63.7 Å². The number of carbonyl (C=O) groups excluding carboxylic acids is 4. The number of ether oxygens (including phenoxy) is 2. The molecule has 0 fully saturated rings. The Hall–Kier alpha value is -1.93. The number of unbranched alkanes of at least 4 members (excludes halogenated alkanes) is 1. The van der Waals surface area contributed by atoms with E-state index in [0.29, 0.717) is 6.42 Å². The highest BCUT2D eigenvalue weighted by Gasteiger charge is 2.53. The second-order valence-electron chi connectivity index (χ2n) is 7.97. The Morgan fingerprint density at radius 2 is 1.84 bits per heavy atom. The van der Waals surface area contributed by atoms with Gasteiger partial charge in [0.05, 0.1) is 12.4 Å². The molecule has 1 atom stereocenters. The van der Waals surface area contributed by atoms with Crippen LogP contribution in [0.4, 0.5) is 0 Å². The van der Waals surface area contributed by atoms with Crippen LogP contribution in [-0.4, -0.2) is 52.7 Å². The van der Waals surface area contributed by atoms with Gasteiger partial charge in [0.25, 0.3) is 0 Å². The second kappa shape index (κ2) is 12.2. The van der Waals surface area contributed by atoms with Crippen molar-refractivity contribution in [2.24, 2.45) is 5.41 Å². The minimum Gasteiger partial charge on any atom is -0.466 e. The Balaban J connectivity index is 3.35. The lowest BCUT2D eigenvalue weighted by atomic mass is 9.73. The van der Waals surface area contributed by atoms with Gasteiger partial charge >= 0.3 is 11.9 Å². The highest BCUT2D eigenvalue weighted by Crippen LogP contribution is 2.35. The summed E-state index contributed by atoms with van der Waals surface area (Å²) >= 11 is 7.15. The quantitative estimate of drug-likeness (QED) is 0.146. The van der Waals surface area contributed by atoms with Crippen molar-refractivity contribution in [3.63, 3.8) is 0 Å². The first-order valence-corrected chi connectivity index (χ1v) is 11.8. The van der Waals surface area contributed by atoms with E-state index in [1.807, 2.05) is 0 Å². The summed E-state index contributed by atoms with van der Waals surface area (Å²) in [6, 6.07) is 2.74. The third-order valence-corrected chi connectivity index (χ3v) is 5.12. The summed E-state index contributed by atoms with van der Waals surface area (Å²) < 4.78 is 10.4. The number of aromatic nitrogens is 1. The van der Waals surface area contributed by atoms with Crippen molar-refractivity contribution >= 4 is 46.9 Å². The van der Waals surface area contributed by atoms with Gasteiger partial charge in [-0.3, -0.25) is 19.2 Å². The average molecular weight is 472 g/mol. The highest BCUT2D eigenvalue weighted by molar-refractivity contribution is 7.99. The SMILES string of the molecule is CCOC(=O)CCCCC(C(=O)CSC)(C(=O)OC(C)(C)C)C(=O)c1ccnc(Cl)c1. The van der Waals surface area contributed by atoms with Crippen LogP contribution in [0.5, 0.6) is 0 Å². The summed E-state index contributed by atoms with van der Waals surface area (Å²) in [6.45, 7) is 6.99. The highest BCUT2D eigenvalue weighted by atomic mass is 35.5. The number of hydrogen-bond donors (Lipinski definition) is 0. The molecule has 1 unspecified atom stereocenters. The second-order valence-corrected chi connectivity index (χ2v) is 9.23. The van der Waals surface area contributed by atoms with Crippen LogP contribution < -0.4 is 0 Å². The van der Waals surface area contributed by atoms with Crippen LogP contribution in [-0.2, 0) is 23.9 Å². The smallest absolute Gasteiger partial charge is 0.328 e. The number of esters is 2. The van der Waals surface area contributed by atoms with Crippen molar-refractivity contribution < 1.29 is 28.7 Å². The van der Waals surface area contributed by atoms with Crippen molar-refractivity contribution in [1.82, 2.24) is 4.98 Å². The summed E-state index contributed by atoms with van der Waals surface area (Å²) in [7, 11) is 0. The molecule has 1 aromatic rings. The minimum atomic E-state index is -2.03. The summed E-state index contributed by atoms with van der Waals surface area (Å²) in [5.41, 5.74) is -2.83. The first-order valence-electron chi connectivity index (χ1n) is 10.1. The summed E-state index contributed by atoms with van der Waals surface area (Å²) in [4.78, 5) is 55.6. The Morgan fingerprint density at radius 3 is 2.39 bits per heavy atom. The van der Waals surface area contributed by atoms with Gasteiger partial charge in [0.1, 0.15) is 10.8 Å². The van der Waals surface area contributed by atoms with E-state index in [9.17, 15) is 19.2 Å². The largest absolute Gasteiger partial charge is 0.466 e. The van der Waals surface area contributed by atoms with Crippen LogP contribution in [0, 0.1) is 5.41 Å². The number of thioether (sulfide) groups is 1. The zero-order valence-electron chi connectivity index (χ0n) is 18.7. The Labute approximate surface area is 192 Å². The fraction of sp³-hybridized carbons (Fsp3) is 0.591. The lowest BCUT2D eigenvalue weighted by Crippen LogP contribution is -2.50. The van der Waals surface area contributed by atoms with E-state index < -0.39 is 28.6 Å². The lowest BCUT2D eigenvalue weighted by molar-refractivity contribution is -0.167. The lowest BCUT2D eigenvalue weighted by Gasteiger charge is -2.32. The van der Waals surface area contributed by atoms with Crippen LogP contribution in [0.15, 0.2) is 18.3 Å². The third kappa shape index (κ3) is 7.92. The third-order valence-electron chi connectivity index (χ3n) is 4.36. The number of ketones is 2. The molecular formula is C22H30ClNO6S. The number of hydrogen-bond acceptors (Lipinski definition) is 8. The van der Waals surface area contributed by atoms with Gasteiger partial charge < -0.3 is 9.47 Å². The van der Waals surface area contributed by atoms with Gasteiger partial charge in [0, 0.05) is 18.2 Å². The number of pyridine rings is 1. The van der Waals surface area contributed by atoms with E-state index in [2.05, 4.69) is 4.98 Å². The molecule has 172 valence electrons. The minimum absolute atomic E-state index is 0.0400. The molecule has 31 heavy (non-hydrogen) atoms. The number of rotatable bonds is 12. The molecular weight excluding hydrogens is 442 g/mol. The van der Waals surface area contributed by atoms with E-state index in [4.69, 9.17) is 21.1 Å². The zero-order valence-corrected chi connectivity index (χ0v) is 20.2. The van der Waals surface area contributed by atoms with Crippen LogP contribution in [0.2, 0.25) is 5.15 Å². The predicted octanol–water partition coefficient (Wildman–Crippen LogP) is 4.30. The number of Topliss-reactive ketones (excluding diaryl/α,β-unsaturated/α-hetero) is 2. The number of nitrogens with zero attached hydrogens (tertiary/aromatic N) is 1. The first kappa shape index (κ1) is 27.1. The first-order chi connectivity index (χ1) is 14.5. The van der Waals surface area contributed by atoms with E-state index in [-0.39, 0.29) is 48.3 Å². The molecule has 0 saturated heterocycles. The van der Waals surface area contributed by atoms with Crippen molar-refractivity contribution in [2.75, 3.05) is 18.6 Å². The van der Waals surface area contributed by atoms with Crippen LogP contribution in [0.3, 0.4) is 0 Å². The van der Waals surface area contributed by atoms with Gasteiger partial charge in [0.2, 0.25) is 0 Å². The van der Waals surface area contributed by atoms with Gasteiger partial charge in [0.15, 0.2) is 17.0 Å². The molecule has 1 aromatic heterocycles. The van der Waals surface area contributed by atoms with E-state index >= 15 is 0 Å². The maximum atomic E-state index is 13.6. The van der Waals surface area contributed by atoms with E-state index in [1.165, 1.54) is 30.1 Å². The molecule has 0 aliphatic carbocycles. The van der Waals surface area contributed by atoms with Crippen molar-refractivity contribution in [3.8, 4) is 0 Å². The molecule has 1 heterocycles. The maximum Gasteiger partial charge on any atom is 0.328 e. The van der Waals surface area contributed by atoms with E-state index in [0.717, 1.165) is 0 Å². The summed E-state index contributed by atoms with van der Waals surface area (Å²) in [6.07, 6.45) is 3.74. The molecule has 0 aromatic carbocycles. The fourth-order valence-electron chi connectivity index (χ4n) is 2.99. The van der Waals surface area contributed by atoms with Gasteiger partial charge in [-0.1, -0.05) is 18.0 Å². The van der Waals surface area contributed by atoms with E-state index in [1.54, 1.807) is 34.0 Å². The monoisotopic (exact) mass is 471 g/mol. The maximum absolute atomic E-state index is 13.6. The molecule has 0 N–H and O–H groups in total. The molecule has 0 bridgehead atoms. The summed E-state index contributed by atoms with van der Waals surface area (Å²) in [5.74, 6) is -2.52. The zero-order chi connectivity index (χ0) is 23.7. The molecule has 9 heteroatoms. The molecule has 0 aliphatic heterocycles. The number of halogens is 1. The standard InChI is InChI=1S/C22H30ClNO6S/c1-6-29-18(26)9-7-8-11-22(16(25)14-31-5,20(28)30-21(2,3)4)19(27)15-10-12-24-17(23)13-15/h10,12-13H,6-9,11,14H2,1-5H3. The molecule has 0 amide bonds. The predicted molar refractivity (Wildman–Crippen MR) is 120 cm³/mol. The normalized spacial score (nSPS) is 13.2. The Kier molecular flexibility index (Phi) is 10.7. The average Bonchev–Trinajstić information content (AvgIpc) is 2.66. The Morgan fingerprint density at radius 1 is 1.16 bits per heavy atom. The molecule has 0 radical (unpaired) electrons. The van der Waals surface area contributed by atoms with Gasteiger partial charge in [-0.25, -0.2) is 4.98 Å². The summed E-state index contributed by atoms with van der Waals surface area (Å²) in [5, 5.41) is 0.0727. The van der Waals surface area contributed by atoms with Gasteiger partial charge in [-0.05, 0) is 58.9 Å². The molecule has 0 spiro atoms. The van der Waals surface area contributed by atoms with Gasteiger partial charge in [-0.15, -0.1) is 0 Å². The molecule has 0 saturated carbocycles. The fourth-order valence-corrected chi connectivity index (χ4v) is 3.67. The van der Waals surface area contributed by atoms with Crippen LogP contribution in [0.25, 0.3) is 0 Å². The molecule has 7 nitrogen and oxygen atoms in total.